The lowest BCUT2D eigenvalue weighted by molar-refractivity contribution is -0.191. The maximum Gasteiger partial charge on any atom is 0.373 e. The van der Waals surface area contributed by atoms with Gasteiger partial charge in [0.15, 0.2) is 5.13 Å². The Hall–Kier alpha value is -3.29. The standard InChI is InChI=1S/C17H11F3N2OS.CO2/c1-9-15(10-4-2-5-11(18)8-10)24-17(21-9)22-16(23)14-12(19)6-3-7-13(14)20;2-1-3/h2-8H,1H3,(H,21,22,23);. The highest BCUT2D eigenvalue weighted by atomic mass is 32.1. The van der Waals surface area contributed by atoms with Crippen molar-refractivity contribution in [2.75, 3.05) is 5.32 Å². The Morgan fingerprint density at radius 2 is 1.67 bits per heavy atom. The van der Waals surface area contributed by atoms with Crippen LogP contribution in [0.25, 0.3) is 10.4 Å². The predicted octanol–water partition coefficient (Wildman–Crippen LogP) is 4.20. The number of nitrogens with one attached hydrogen (secondary N) is 1. The quantitative estimate of drug-likeness (QED) is 0.725. The molecule has 0 fully saturated rings. The van der Waals surface area contributed by atoms with Crippen molar-refractivity contribution in [3.05, 3.63) is 71.2 Å². The molecule has 0 atom stereocenters. The lowest BCUT2D eigenvalue weighted by Gasteiger charge is -2.04. The molecule has 0 aliphatic heterocycles. The minimum Gasteiger partial charge on any atom is -0.298 e. The maximum absolute atomic E-state index is 13.6. The summed E-state index contributed by atoms with van der Waals surface area (Å²) < 4.78 is 40.6. The second-order valence-electron chi connectivity index (χ2n) is 5.08. The molecule has 0 saturated heterocycles. The van der Waals surface area contributed by atoms with Crippen molar-refractivity contribution in [2.45, 2.75) is 6.92 Å². The smallest absolute Gasteiger partial charge is 0.298 e. The molecule has 0 bridgehead atoms. The monoisotopic (exact) mass is 392 g/mol. The Morgan fingerprint density at radius 3 is 2.26 bits per heavy atom. The third-order valence-electron chi connectivity index (χ3n) is 3.29. The molecule has 2 aromatic carbocycles. The van der Waals surface area contributed by atoms with Crippen LogP contribution in [0.1, 0.15) is 16.1 Å². The fraction of sp³-hybridized carbons (Fsp3) is 0.0556. The van der Waals surface area contributed by atoms with Gasteiger partial charge in [0.05, 0.1) is 10.6 Å². The second-order valence-corrected chi connectivity index (χ2v) is 6.08. The minimum atomic E-state index is -0.953. The van der Waals surface area contributed by atoms with E-state index in [4.69, 9.17) is 9.59 Å². The molecular weight excluding hydrogens is 381 g/mol. The molecule has 1 aromatic heterocycles. The van der Waals surface area contributed by atoms with E-state index < -0.39 is 23.1 Å². The molecule has 1 amide bonds. The van der Waals surface area contributed by atoms with Crippen molar-refractivity contribution < 1.29 is 27.6 Å². The van der Waals surface area contributed by atoms with Crippen molar-refractivity contribution in [3.8, 4) is 10.4 Å². The third-order valence-corrected chi connectivity index (χ3v) is 4.42. The van der Waals surface area contributed by atoms with Crippen LogP contribution in [0, 0.1) is 24.4 Å². The Kier molecular flexibility index (Phi) is 6.59. The normalized spacial score (nSPS) is 9.78. The average Bonchev–Trinajstić information content (AvgIpc) is 2.95. The van der Waals surface area contributed by atoms with E-state index in [2.05, 4.69) is 10.3 Å². The molecule has 9 heteroatoms. The van der Waals surface area contributed by atoms with Gasteiger partial charge in [0.2, 0.25) is 0 Å². The zero-order valence-electron chi connectivity index (χ0n) is 13.8. The number of rotatable bonds is 3. The first-order valence-electron chi connectivity index (χ1n) is 7.35. The number of hydrogen-bond acceptors (Lipinski definition) is 5. The van der Waals surface area contributed by atoms with Crippen molar-refractivity contribution in [3.63, 3.8) is 0 Å². The van der Waals surface area contributed by atoms with E-state index >= 15 is 0 Å². The summed E-state index contributed by atoms with van der Waals surface area (Å²) in [6, 6.07) is 9.14. The molecule has 1 N–H and O–H groups in total. The second kappa shape index (κ2) is 8.88. The van der Waals surface area contributed by atoms with Crippen LogP contribution in [0.5, 0.6) is 0 Å². The highest BCUT2D eigenvalue weighted by Gasteiger charge is 2.19. The van der Waals surface area contributed by atoms with Crippen LogP contribution < -0.4 is 5.32 Å². The van der Waals surface area contributed by atoms with Gasteiger partial charge in [0, 0.05) is 0 Å². The first-order valence-corrected chi connectivity index (χ1v) is 8.17. The van der Waals surface area contributed by atoms with Crippen LogP contribution in [0.3, 0.4) is 0 Å². The van der Waals surface area contributed by atoms with Crippen LogP contribution in [-0.4, -0.2) is 17.0 Å². The van der Waals surface area contributed by atoms with E-state index in [1.54, 1.807) is 19.1 Å². The minimum absolute atomic E-state index is 0.180. The fourth-order valence-electron chi connectivity index (χ4n) is 2.22. The van der Waals surface area contributed by atoms with Gasteiger partial charge in [-0.1, -0.05) is 29.5 Å². The van der Waals surface area contributed by atoms with Crippen LogP contribution in [0.2, 0.25) is 0 Å². The predicted molar refractivity (Wildman–Crippen MR) is 91.6 cm³/mol. The van der Waals surface area contributed by atoms with E-state index in [1.807, 2.05) is 0 Å². The van der Waals surface area contributed by atoms with Crippen LogP contribution in [-0.2, 0) is 9.59 Å². The molecule has 3 rings (SSSR count). The molecule has 138 valence electrons. The van der Waals surface area contributed by atoms with E-state index in [9.17, 15) is 18.0 Å². The van der Waals surface area contributed by atoms with Gasteiger partial charge in [0.25, 0.3) is 5.91 Å². The third kappa shape index (κ3) is 4.87. The number of carbonyl (C=O) groups is 1. The van der Waals surface area contributed by atoms with Gasteiger partial charge in [-0.2, -0.15) is 9.59 Å². The van der Waals surface area contributed by atoms with Gasteiger partial charge < -0.3 is 0 Å². The van der Waals surface area contributed by atoms with E-state index in [0.717, 1.165) is 23.5 Å². The Labute approximate surface area is 155 Å². The Balaban J connectivity index is 0.000000817. The summed E-state index contributed by atoms with van der Waals surface area (Å²) in [5.74, 6) is -3.22. The largest absolute Gasteiger partial charge is 0.373 e. The average molecular weight is 392 g/mol. The number of hydrogen-bond donors (Lipinski definition) is 1. The molecule has 5 nitrogen and oxygen atoms in total. The summed E-state index contributed by atoms with van der Waals surface area (Å²) in [6.07, 6.45) is 0.250. The fourth-order valence-corrected chi connectivity index (χ4v) is 3.18. The van der Waals surface area contributed by atoms with Gasteiger partial charge >= 0.3 is 6.15 Å². The van der Waals surface area contributed by atoms with Crippen LogP contribution in [0.4, 0.5) is 18.3 Å². The maximum atomic E-state index is 13.6. The molecule has 27 heavy (non-hydrogen) atoms. The SMILES string of the molecule is Cc1nc(NC(=O)c2c(F)cccc2F)sc1-c1cccc(F)c1.O=C=O. The van der Waals surface area contributed by atoms with Gasteiger partial charge in [-0.25, -0.2) is 18.2 Å². The number of carbonyl (C=O) groups excluding carboxylic acids is 3. The summed E-state index contributed by atoms with van der Waals surface area (Å²) >= 11 is 1.10. The summed E-state index contributed by atoms with van der Waals surface area (Å²) in [6.45, 7) is 1.70. The highest BCUT2D eigenvalue weighted by Crippen LogP contribution is 2.33. The van der Waals surface area contributed by atoms with E-state index in [1.165, 1.54) is 18.2 Å². The summed E-state index contributed by atoms with van der Waals surface area (Å²) in [5.41, 5.74) is 0.523. The molecule has 0 spiro atoms. The van der Waals surface area contributed by atoms with Crippen LogP contribution in [0.15, 0.2) is 42.5 Å². The molecular formula is C18H11F3N2O3S. The lowest BCUT2D eigenvalue weighted by atomic mass is 10.1. The molecule has 0 aliphatic rings. The number of halogens is 3. The Bertz CT molecular complexity index is 995. The zero-order chi connectivity index (χ0) is 20.0. The van der Waals surface area contributed by atoms with Gasteiger partial charge in [-0.05, 0) is 36.8 Å². The number of aromatic nitrogens is 1. The highest BCUT2D eigenvalue weighted by molar-refractivity contribution is 7.19. The van der Waals surface area contributed by atoms with E-state index in [0.29, 0.717) is 16.1 Å². The van der Waals surface area contributed by atoms with Crippen molar-refractivity contribution in [2.24, 2.45) is 0 Å². The van der Waals surface area contributed by atoms with Gasteiger partial charge in [-0.3, -0.25) is 10.1 Å². The van der Waals surface area contributed by atoms with Crippen molar-refractivity contribution >= 4 is 28.5 Å². The number of nitrogens with zero attached hydrogens (tertiary/aromatic N) is 1. The van der Waals surface area contributed by atoms with Gasteiger partial charge in [-0.15, -0.1) is 0 Å². The molecule has 0 radical (unpaired) electrons. The van der Waals surface area contributed by atoms with E-state index in [-0.39, 0.29) is 17.1 Å². The number of aryl methyl sites for hydroxylation is 1. The number of amides is 1. The summed E-state index contributed by atoms with van der Waals surface area (Å²) in [7, 11) is 0. The van der Waals surface area contributed by atoms with Crippen molar-refractivity contribution in [1.82, 2.24) is 4.98 Å². The van der Waals surface area contributed by atoms with Crippen molar-refractivity contribution in [1.29, 1.82) is 0 Å². The first kappa shape index (κ1) is 20.0. The molecule has 0 saturated carbocycles. The lowest BCUT2D eigenvalue weighted by Crippen LogP contribution is -2.15. The molecule has 1 heterocycles. The number of thiazole rings is 1. The zero-order valence-corrected chi connectivity index (χ0v) is 14.6. The Morgan fingerprint density at radius 1 is 1.07 bits per heavy atom. The van der Waals surface area contributed by atoms with Crippen LogP contribution >= 0.6 is 11.3 Å². The number of anilines is 1. The summed E-state index contributed by atoms with van der Waals surface area (Å²) in [5, 5.41) is 2.56. The topological polar surface area (TPSA) is 76.1 Å². The summed E-state index contributed by atoms with van der Waals surface area (Å²) in [4.78, 5) is 33.2. The molecule has 3 aromatic rings. The number of benzene rings is 2. The first-order chi connectivity index (χ1) is 12.9. The van der Waals surface area contributed by atoms with Gasteiger partial charge in [0.1, 0.15) is 23.0 Å². The molecule has 0 aliphatic carbocycles. The molecule has 0 unspecified atom stereocenters.